The quantitative estimate of drug-likeness (QED) is 0.545. The fourth-order valence-corrected chi connectivity index (χ4v) is 2.23. The average molecular weight is 235 g/mol. The van der Waals surface area contributed by atoms with E-state index >= 15 is 0 Å². The van der Waals surface area contributed by atoms with Gasteiger partial charge >= 0.3 is 7.69 Å². The first kappa shape index (κ1) is 11.1. The third kappa shape index (κ3) is 1.93. The average Bonchev–Trinajstić information content (AvgIpc) is 2.37. The van der Waals surface area contributed by atoms with Crippen molar-refractivity contribution in [3.05, 3.63) is 54.1 Å². The molecule has 0 saturated heterocycles. The first-order valence-electron chi connectivity index (χ1n) is 5.83. The number of hydrogen-bond acceptors (Lipinski definition) is 2. The minimum absolute atomic E-state index is 0.636. The Morgan fingerprint density at radius 2 is 1.50 bits per heavy atom. The molecule has 3 heteroatoms. The van der Waals surface area contributed by atoms with E-state index in [9.17, 15) is 0 Å². The van der Waals surface area contributed by atoms with Gasteiger partial charge in [-0.2, -0.15) is 0 Å². The van der Waals surface area contributed by atoms with Gasteiger partial charge in [0.15, 0.2) is 0 Å². The van der Waals surface area contributed by atoms with Crippen LogP contribution in [0.15, 0.2) is 48.5 Å². The van der Waals surface area contributed by atoms with Crippen LogP contribution in [0.5, 0.6) is 5.75 Å². The van der Waals surface area contributed by atoms with E-state index in [1.807, 2.05) is 18.2 Å². The summed E-state index contributed by atoms with van der Waals surface area (Å²) in [5, 5.41) is 13.4. The van der Waals surface area contributed by atoms with Crippen LogP contribution in [0.3, 0.4) is 0 Å². The zero-order valence-electron chi connectivity index (χ0n) is 10.1. The van der Waals surface area contributed by atoms with E-state index in [0.717, 1.165) is 5.39 Å². The van der Waals surface area contributed by atoms with Crippen molar-refractivity contribution >= 4 is 29.2 Å². The molecule has 0 fully saturated rings. The lowest BCUT2D eigenvalue weighted by atomic mass is 10.0. The Labute approximate surface area is 106 Å². The first-order valence-corrected chi connectivity index (χ1v) is 5.83. The van der Waals surface area contributed by atoms with E-state index in [-0.39, 0.29) is 0 Å². The molecule has 2 nitrogen and oxygen atoms in total. The highest BCUT2D eigenvalue weighted by Gasteiger charge is 2.01. The zero-order valence-corrected chi connectivity index (χ0v) is 10.1. The van der Waals surface area contributed by atoms with Crippen molar-refractivity contribution in [3.8, 4) is 5.75 Å². The van der Waals surface area contributed by atoms with Gasteiger partial charge in [-0.1, -0.05) is 29.8 Å². The molecule has 3 aromatic rings. The summed E-state index contributed by atoms with van der Waals surface area (Å²) in [6.07, 6.45) is 0. The summed E-state index contributed by atoms with van der Waals surface area (Å²) in [6, 6.07) is 16.5. The maximum absolute atomic E-state index is 8.65. The predicted octanol–water partition coefficient (Wildman–Crippen LogP) is 3.21. The Morgan fingerprint density at radius 3 is 2.22 bits per heavy atom. The van der Waals surface area contributed by atoms with Gasteiger partial charge in [0.25, 0.3) is 0 Å². The van der Waals surface area contributed by atoms with Gasteiger partial charge in [-0.3, -0.25) is 0 Å². The highest BCUT2D eigenvalue weighted by Crippen LogP contribution is 2.26. The van der Waals surface area contributed by atoms with Crippen LogP contribution in [-0.4, -0.2) is 12.7 Å². The lowest BCUT2D eigenvalue weighted by Gasteiger charge is -2.06. The second kappa shape index (κ2) is 4.35. The summed E-state index contributed by atoms with van der Waals surface area (Å²) >= 11 is 0. The van der Waals surface area contributed by atoms with E-state index in [1.54, 1.807) is 0 Å². The van der Waals surface area contributed by atoms with Gasteiger partial charge in [0, 0.05) is 0 Å². The van der Waals surface area contributed by atoms with E-state index in [0.29, 0.717) is 13.4 Å². The summed E-state index contributed by atoms with van der Waals surface area (Å²) in [5.74, 6) is 0.636. The van der Waals surface area contributed by atoms with E-state index in [2.05, 4.69) is 37.3 Å². The van der Waals surface area contributed by atoms with Crippen molar-refractivity contribution in [2.24, 2.45) is 0 Å². The fraction of sp³-hybridized carbons (Fsp3) is 0.0667. The Hall–Kier alpha value is -2.00. The lowest BCUT2D eigenvalue weighted by molar-refractivity contribution is 0.454. The van der Waals surface area contributed by atoms with Gasteiger partial charge in [-0.25, -0.2) is 0 Å². The molecule has 18 heavy (non-hydrogen) atoms. The SMILES string of the molecule is Cc1ccc2cc3cc(O[B]O)ccc3cc2c1. The van der Waals surface area contributed by atoms with Crippen LogP contribution < -0.4 is 4.65 Å². The van der Waals surface area contributed by atoms with E-state index in [1.165, 1.54) is 21.7 Å². The third-order valence-corrected chi connectivity index (χ3v) is 3.11. The second-order valence-electron chi connectivity index (χ2n) is 4.44. The molecule has 1 N–H and O–H groups in total. The van der Waals surface area contributed by atoms with Gasteiger partial charge in [0.1, 0.15) is 5.75 Å². The van der Waals surface area contributed by atoms with Crippen LogP contribution in [0.25, 0.3) is 21.5 Å². The molecule has 0 heterocycles. The predicted molar refractivity (Wildman–Crippen MR) is 74.8 cm³/mol. The molecule has 0 aliphatic rings. The monoisotopic (exact) mass is 235 g/mol. The smallest absolute Gasteiger partial charge is 0.537 e. The molecular formula is C15H12BO2. The fourth-order valence-electron chi connectivity index (χ4n) is 2.23. The molecule has 3 aromatic carbocycles. The topological polar surface area (TPSA) is 29.5 Å². The van der Waals surface area contributed by atoms with Gasteiger partial charge in [0.2, 0.25) is 0 Å². The molecule has 1 radical (unpaired) electrons. The molecule has 0 aromatic heterocycles. The number of hydrogen-bond donors (Lipinski definition) is 1. The minimum Gasteiger partial charge on any atom is -0.537 e. The molecular weight excluding hydrogens is 223 g/mol. The van der Waals surface area contributed by atoms with Crippen molar-refractivity contribution in [1.82, 2.24) is 0 Å². The highest BCUT2D eigenvalue weighted by molar-refractivity contribution is 6.17. The van der Waals surface area contributed by atoms with Crippen LogP contribution in [0.1, 0.15) is 5.56 Å². The van der Waals surface area contributed by atoms with Crippen molar-refractivity contribution in [2.75, 3.05) is 0 Å². The molecule has 0 aliphatic heterocycles. The number of fused-ring (bicyclic) bond motifs is 2. The number of aryl methyl sites for hydroxylation is 1. The summed E-state index contributed by atoms with van der Waals surface area (Å²) < 4.78 is 4.98. The standard InChI is InChI=1S/C15H12BO2/c1-10-2-3-11-8-14-9-15(18-16-17)5-4-12(14)7-13(11)6-10/h2-9,17H,1H3. The minimum atomic E-state index is 0.636. The van der Waals surface area contributed by atoms with Gasteiger partial charge in [-0.05, 0) is 52.7 Å². The molecule has 3 rings (SSSR count). The van der Waals surface area contributed by atoms with Crippen LogP contribution in [0.2, 0.25) is 0 Å². The Kier molecular flexibility index (Phi) is 2.69. The Balaban J connectivity index is 2.24. The maximum Gasteiger partial charge on any atom is 0.569 e. The van der Waals surface area contributed by atoms with Crippen LogP contribution in [-0.2, 0) is 0 Å². The van der Waals surface area contributed by atoms with Crippen LogP contribution in [0, 0.1) is 6.92 Å². The Bertz CT molecular complexity index is 722. The first-order chi connectivity index (χ1) is 8.76. The molecule has 87 valence electrons. The maximum atomic E-state index is 8.65. The van der Waals surface area contributed by atoms with E-state index < -0.39 is 0 Å². The van der Waals surface area contributed by atoms with E-state index in [4.69, 9.17) is 9.68 Å². The largest absolute Gasteiger partial charge is 0.569 e. The van der Waals surface area contributed by atoms with Crippen molar-refractivity contribution in [2.45, 2.75) is 6.92 Å². The molecule has 0 atom stereocenters. The number of benzene rings is 3. The molecule has 0 amide bonds. The molecule has 0 spiro atoms. The molecule has 0 aliphatic carbocycles. The normalized spacial score (nSPS) is 10.8. The molecule has 0 unspecified atom stereocenters. The highest BCUT2D eigenvalue weighted by atomic mass is 16.5. The summed E-state index contributed by atoms with van der Waals surface area (Å²) in [7, 11) is 0.700. The summed E-state index contributed by atoms with van der Waals surface area (Å²) in [6.45, 7) is 2.09. The summed E-state index contributed by atoms with van der Waals surface area (Å²) in [5.41, 5.74) is 1.26. The third-order valence-electron chi connectivity index (χ3n) is 3.11. The van der Waals surface area contributed by atoms with Gasteiger partial charge < -0.3 is 9.68 Å². The Morgan fingerprint density at radius 1 is 0.833 bits per heavy atom. The lowest BCUT2D eigenvalue weighted by Crippen LogP contribution is -1.99. The van der Waals surface area contributed by atoms with Gasteiger partial charge in [-0.15, -0.1) is 0 Å². The van der Waals surface area contributed by atoms with Gasteiger partial charge in [0.05, 0.1) is 0 Å². The van der Waals surface area contributed by atoms with Crippen molar-refractivity contribution in [1.29, 1.82) is 0 Å². The second-order valence-corrected chi connectivity index (χ2v) is 4.44. The van der Waals surface area contributed by atoms with Crippen molar-refractivity contribution in [3.63, 3.8) is 0 Å². The van der Waals surface area contributed by atoms with Crippen molar-refractivity contribution < 1.29 is 9.68 Å². The molecule has 0 saturated carbocycles. The summed E-state index contributed by atoms with van der Waals surface area (Å²) in [4.78, 5) is 0. The number of rotatable bonds is 2. The van der Waals surface area contributed by atoms with Crippen LogP contribution >= 0.6 is 0 Å². The molecule has 0 bridgehead atoms. The zero-order chi connectivity index (χ0) is 12.5. The van der Waals surface area contributed by atoms with Crippen LogP contribution in [0.4, 0.5) is 0 Å².